The van der Waals surface area contributed by atoms with E-state index < -0.39 is 15.6 Å². The molecule has 0 aliphatic heterocycles. The van der Waals surface area contributed by atoms with Gasteiger partial charge in [-0.05, 0) is 23.1 Å². The largest absolute Gasteiger partial charge is 0.522 e. The highest BCUT2D eigenvalue weighted by Gasteiger charge is 2.44. The molecule has 136 valence electrons. The number of halogens is 3. The number of benzene rings is 2. The van der Waals surface area contributed by atoms with Gasteiger partial charge in [0, 0.05) is 6.42 Å². The topological polar surface area (TPSA) is 97.5 Å². The first-order valence-corrected chi connectivity index (χ1v) is 8.41. The van der Waals surface area contributed by atoms with Gasteiger partial charge in [0.1, 0.15) is 0 Å². The lowest BCUT2D eigenvalue weighted by Crippen LogP contribution is -2.21. The summed E-state index contributed by atoms with van der Waals surface area (Å²) in [5.41, 5.74) is 3.12. The van der Waals surface area contributed by atoms with Crippen molar-refractivity contribution in [1.82, 2.24) is 0 Å². The minimum atomic E-state index is -5.84. The molecule has 0 saturated heterocycles. The monoisotopic (exact) mass is 375 g/mol. The third-order valence-electron chi connectivity index (χ3n) is 2.99. The van der Waals surface area contributed by atoms with Crippen molar-refractivity contribution in [2.75, 3.05) is 0 Å². The molecular weight excluding hydrogens is 359 g/mol. The number of primary amides is 1. The molecule has 0 radical (unpaired) electrons. The first-order valence-electron chi connectivity index (χ1n) is 6.97. The zero-order chi connectivity index (χ0) is 19.1. The van der Waals surface area contributed by atoms with Crippen LogP contribution in [0.4, 0.5) is 13.2 Å². The van der Waals surface area contributed by atoms with Crippen LogP contribution in [0.25, 0.3) is 11.1 Å². The van der Waals surface area contributed by atoms with E-state index >= 15 is 0 Å². The van der Waals surface area contributed by atoms with Gasteiger partial charge in [0.15, 0.2) is 0 Å². The normalized spacial score (nSPS) is 11.4. The third-order valence-corrected chi connectivity index (χ3v) is 3.57. The van der Waals surface area contributed by atoms with Crippen molar-refractivity contribution < 1.29 is 30.9 Å². The van der Waals surface area contributed by atoms with Crippen LogP contribution < -0.4 is 5.73 Å². The number of carbonyl (C=O) groups excluding carboxylic acids is 1. The molecule has 3 N–H and O–H groups in total. The second-order valence-corrected chi connectivity index (χ2v) is 6.37. The Morgan fingerprint density at radius 1 is 1.00 bits per heavy atom. The van der Waals surface area contributed by atoms with Crippen molar-refractivity contribution in [2.45, 2.75) is 18.3 Å². The van der Waals surface area contributed by atoms with Gasteiger partial charge in [0.25, 0.3) is 0 Å². The lowest BCUT2D eigenvalue weighted by molar-refractivity contribution is -0.118. The van der Waals surface area contributed by atoms with E-state index in [1.807, 2.05) is 30.3 Å². The van der Waals surface area contributed by atoms with Crippen LogP contribution in [0.1, 0.15) is 12.0 Å². The van der Waals surface area contributed by atoms with E-state index in [1.165, 1.54) is 11.1 Å². The molecule has 0 heterocycles. The Kier molecular flexibility index (Phi) is 7.13. The van der Waals surface area contributed by atoms with Crippen LogP contribution >= 0.6 is 0 Å². The molecule has 0 aliphatic carbocycles. The van der Waals surface area contributed by atoms with Gasteiger partial charge >= 0.3 is 15.6 Å². The highest BCUT2D eigenvalue weighted by atomic mass is 32.2. The molecule has 0 spiro atoms. The van der Waals surface area contributed by atoms with Crippen LogP contribution in [-0.4, -0.2) is 24.4 Å². The zero-order valence-corrected chi connectivity index (χ0v) is 13.7. The lowest BCUT2D eigenvalue weighted by atomic mass is 10.0. The van der Waals surface area contributed by atoms with E-state index in [1.54, 1.807) is 0 Å². The second-order valence-electron chi connectivity index (χ2n) is 4.95. The van der Waals surface area contributed by atoms with E-state index in [0.717, 1.165) is 5.56 Å². The predicted molar refractivity (Wildman–Crippen MR) is 87.0 cm³/mol. The Labute approximate surface area is 143 Å². The lowest BCUT2D eigenvalue weighted by Gasteiger charge is -2.04. The number of nitrogens with two attached hydrogens (primary N) is 1. The summed E-state index contributed by atoms with van der Waals surface area (Å²) in [7, 11) is -5.84. The van der Waals surface area contributed by atoms with E-state index in [4.69, 9.17) is 18.7 Å². The van der Waals surface area contributed by atoms with Crippen LogP contribution in [0.2, 0.25) is 0 Å². The van der Waals surface area contributed by atoms with Gasteiger partial charge in [0.05, 0.1) is 0 Å². The van der Waals surface area contributed by atoms with E-state index in [0.29, 0.717) is 12.8 Å². The van der Waals surface area contributed by atoms with Gasteiger partial charge < -0.3 is 5.73 Å². The van der Waals surface area contributed by atoms with Crippen LogP contribution in [0.5, 0.6) is 0 Å². The van der Waals surface area contributed by atoms with Crippen molar-refractivity contribution in [3.63, 3.8) is 0 Å². The van der Waals surface area contributed by atoms with Gasteiger partial charge in [-0.1, -0.05) is 54.6 Å². The van der Waals surface area contributed by atoms with Gasteiger partial charge in [-0.15, -0.1) is 0 Å². The number of hydrogen-bond acceptors (Lipinski definition) is 3. The first kappa shape index (κ1) is 20.7. The van der Waals surface area contributed by atoms with Gasteiger partial charge in [-0.2, -0.15) is 21.6 Å². The minimum absolute atomic E-state index is 0.255. The summed E-state index contributed by atoms with van der Waals surface area (Å²) in [4.78, 5) is 10.7. The molecule has 1 amide bonds. The molecule has 0 atom stereocenters. The summed E-state index contributed by atoms with van der Waals surface area (Å²) in [6.45, 7) is 0. The molecule has 2 rings (SSSR count). The Morgan fingerprint density at radius 3 is 2.00 bits per heavy atom. The fourth-order valence-corrected chi connectivity index (χ4v) is 1.80. The molecule has 2 aromatic carbocycles. The highest BCUT2D eigenvalue weighted by Crippen LogP contribution is 2.21. The summed E-state index contributed by atoms with van der Waals surface area (Å²) in [5, 5.41) is 0. The molecule has 2 aromatic rings. The molecule has 25 heavy (non-hydrogen) atoms. The molecule has 0 aromatic heterocycles. The fourth-order valence-electron chi connectivity index (χ4n) is 1.80. The van der Waals surface area contributed by atoms with Crippen molar-refractivity contribution in [2.24, 2.45) is 5.73 Å². The average molecular weight is 375 g/mol. The number of aryl methyl sites for hydroxylation is 1. The molecule has 5 nitrogen and oxygen atoms in total. The second kappa shape index (κ2) is 8.63. The summed E-state index contributed by atoms with van der Waals surface area (Å²) >= 11 is 0. The minimum Gasteiger partial charge on any atom is -0.370 e. The standard InChI is InChI=1S/C15H15NO.CHF3O3S/c16-15(17)10-9-12-5-4-8-14(11-12)13-6-2-1-3-7-13;2-1(3,4)8(5,6)7/h1-8,11H,9-10H2,(H2,16,17);(H,5,6,7). The number of rotatable bonds is 4. The van der Waals surface area contributed by atoms with Crippen molar-refractivity contribution in [3.05, 3.63) is 60.2 Å². The molecule has 0 fully saturated rings. The maximum absolute atomic E-state index is 10.7. The Morgan fingerprint density at radius 2 is 1.52 bits per heavy atom. The number of amides is 1. The molecule has 0 unspecified atom stereocenters. The maximum atomic E-state index is 10.7. The van der Waals surface area contributed by atoms with E-state index in [2.05, 4.69) is 24.3 Å². The first-order chi connectivity index (χ1) is 11.5. The summed E-state index contributed by atoms with van der Waals surface area (Å²) in [6.07, 6.45) is 1.11. The van der Waals surface area contributed by atoms with Crippen LogP contribution in [-0.2, 0) is 21.3 Å². The quantitative estimate of drug-likeness (QED) is 0.634. The van der Waals surface area contributed by atoms with Crippen LogP contribution in [0.15, 0.2) is 54.6 Å². The highest BCUT2D eigenvalue weighted by molar-refractivity contribution is 7.86. The number of carbonyl (C=O) groups is 1. The summed E-state index contributed by atoms with van der Waals surface area (Å²) in [6, 6.07) is 18.4. The van der Waals surface area contributed by atoms with Crippen molar-refractivity contribution in [3.8, 4) is 11.1 Å². The maximum Gasteiger partial charge on any atom is 0.522 e. The van der Waals surface area contributed by atoms with Gasteiger partial charge in [-0.25, -0.2) is 0 Å². The van der Waals surface area contributed by atoms with Crippen LogP contribution in [0.3, 0.4) is 0 Å². The molecule has 0 aliphatic rings. The Hall–Kier alpha value is -2.39. The SMILES string of the molecule is NC(=O)CCc1cccc(-c2ccccc2)c1.O=S(=O)(O)C(F)(F)F. The molecule has 0 bridgehead atoms. The predicted octanol–water partition coefficient (Wildman–Crippen LogP) is 3.17. The summed E-state index contributed by atoms with van der Waals surface area (Å²) in [5.74, 6) is -0.255. The fraction of sp³-hybridized carbons (Fsp3) is 0.188. The smallest absolute Gasteiger partial charge is 0.370 e. The molecular formula is C16H16F3NO4S. The zero-order valence-electron chi connectivity index (χ0n) is 12.9. The number of hydrogen-bond donors (Lipinski definition) is 2. The number of alkyl halides is 3. The van der Waals surface area contributed by atoms with E-state index in [9.17, 15) is 18.0 Å². The van der Waals surface area contributed by atoms with Gasteiger partial charge in [0.2, 0.25) is 5.91 Å². The molecule has 0 saturated carbocycles. The van der Waals surface area contributed by atoms with Crippen molar-refractivity contribution in [1.29, 1.82) is 0 Å². The average Bonchev–Trinajstić information content (AvgIpc) is 2.53. The van der Waals surface area contributed by atoms with Crippen molar-refractivity contribution >= 4 is 16.0 Å². The van der Waals surface area contributed by atoms with Gasteiger partial charge in [-0.3, -0.25) is 9.35 Å². The Bertz CT molecular complexity index is 806. The van der Waals surface area contributed by atoms with E-state index in [-0.39, 0.29) is 5.91 Å². The van der Waals surface area contributed by atoms with Crippen LogP contribution in [0, 0.1) is 0 Å². The summed E-state index contributed by atoms with van der Waals surface area (Å²) < 4.78 is 57.5. The molecule has 9 heteroatoms. The Balaban J connectivity index is 0.000000333. The third kappa shape index (κ3) is 7.36.